The third-order valence-electron chi connectivity index (χ3n) is 2.90. The number of hydrogen-bond donors (Lipinski definition) is 2. The van der Waals surface area contributed by atoms with Crippen LogP contribution in [0.25, 0.3) is 0 Å². The number of para-hydroxylation sites is 1. The van der Waals surface area contributed by atoms with Gasteiger partial charge < -0.3 is 11.1 Å². The summed E-state index contributed by atoms with van der Waals surface area (Å²) < 4.78 is 0. The maximum absolute atomic E-state index is 12.2. The standard InChI is InChI=1S/C15H15ClN2O/c1-9-4-3-5-10(2)14(9)18-15(19)11-6-12(16)8-13(17)7-11/h3-8H,17H2,1-2H3,(H,18,19). The average molecular weight is 275 g/mol. The van der Waals surface area contributed by atoms with E-state index in [0.717, 1.165) is 16.8 Å². The number of halogens is 1. The normalized spacial score (nSPS) is 10.3. The lowest BCUT2D eigenvalue weighted by Gasteiger charge is -2.12. The van der Waals surface area contributed by atoms with Gasteiger partial charge in [-0.25, -0.2) is 0 Å². The number of carbonyl (C=O) groups is 1. The number of aryl methyl sites for hydroxylation is 2. The maximum Gasteiger partial charge on any atom is 0.255 e. The zero-order valence-corrected chi connectivity index (χ0v) is 11.6. The number of nitrogen functional groups attached to an aromatic ring is 1. The first-order chi connectivity index (χ1) is 8.97. The van der Waals surface area contributed by atoms with Crippen LogP contribution in [-0.4, -0.2) is 5.91 Å². The van der Waals surface area contributed by atoms with E-state index in [-0.39, 0.29) is 5.91 Å². The molecule has 0 atom stereocenters. The van der Waals surface area contributed by atoms with Gasteiger partial charge in [-0.05, 0) is 43.2 Å². The zero-order chi connectivity index (χ0) is 14.0. The van der Waals surface area contributed by atoms with Gasteiger partial charge in [0.05, 0.1) is 0 Å². The number of nitrogens with two attached hydrogens (primary N) is 1. The minimum atomic E-state index is -0.216. The first-order valence-electron chi connectivity index (χ1n) is 5.91. The molecule has 98 valence electrons. The number of amides is 1. The van der Waals surface area contributed by atoms with Gasteiger partial charge in [0, 0.05) is 22.0 Å². The Labute approximate surface area is 117 Å². The molecule has 3 nitrogen and oxygen atoms in total. The summed E-state index contributed by atoms with van der Waals surface area (Å²) in [5.74, 6) is -0.216. The smallest absolute Gasteiger partial charge is 0.255 e. The predicted octanol–water partition coefficient (Wildman–Crippen LogP) is 3.79. The largest absolute Gasteiger partial charge is 0.399 e. The summed E-state index contributed by atoms with van der Waals surface area (Å²) in [6.45, 7) is 3.91. The fourth-order valence-electron chi connectivity index (χ4n) is 1.94. The molecular weight excluding hydrogens is 260 g/mol. The van der Waals surface area contributed by atoms with E-state index in [4.69, 9.17) is 17.3 Å². The molecule has 2 aromatic rings. The summed E-state index contributed by atoms with van der Waals surface area (Å²) in [7, 11) is 0. The Morgan fingerprint density at radius 2 is 1.79 bits per heavy atom. The van der Waals surface area contributed by atoms with Crippen LogP contribution in [0, 0.1) is 13.8 Å². The Bertz CT molecular complexity index is 598. The van der Waals surface area contributed by atoms with Crippen molar-refractivity contribution in [3.8, 4) is 0 Å². The van der Waals surface area contributed by atoms with Gasteiger partial charge in [0.15, 0.2) is 0 Å². The molecule has 1 amide bonds. The van der Waals surface area contributed by atoms with Crippen molar-refractivity contribution in [3.05, 3.63) is 58.1 Å². The van der Waals surface area contributed by atoms with Gasteiger partial charge in [-0.3, -0.25) is 4.79 Å². The van der Waals surface area contributed by atoms with Crippen LogP contribution in [0.1, 0.15) is 21.5 Å². The van der Waals surface area contributed by atoms with E-state index in [0.29, 0.717) is 16.3 Å². The van der Waals surface area contributed by atoms with E-state index >= 15 is 0 Å². The topological polar surface area (TPSA) is 55.1 Å². The number of carbonyl (C=O) groups excluding carboxylic acids is 1. The lowest BCUT2D eigenvalue weighted by Crippen LogP contribution is -2.14. The third-order valence-corrected chi connectivity index (χ3v) is 3.12. The summed E-state index contributed by atoms with van der Waals surface area (Å²) in [6, 6.07) is 10.7. The monoisotopic (exact) mass is 274 g/mol. The van der Waals surface area contributed by atoms with Crippen molar-refractivity contribution in [3.63, 3.8) is 0 Å². The van der Waals surface area contributed by atoms with Gasteiger partial charge >= 0.3 is 0 Å². The molecule has 0 fully saturated rings. The van der Waals surface area contributed by atoms with Gasteiger partial charge in [0.25, 0.3) is 5.91 Å². The van der Waals surface area contributed by atoms with Crippen molar-refractivity contribution in [1.29, 1.82) is 0 Å². The molecule has 3 N–H and O–H groups in total. The van der Waals surface area contributed by atoms with Crippen molar-refractivity contribution in [2.75, 3.05) is 11.1 Å². The first-order valence-corrected chi connectivity index (χ1v) is 6.29. The second kappa shape index (κ2) is 5.33. The molecule has 0 aliphatic heterocycles. The van der Waals surface area contributed by atoms with Crippen molar-refractivity contribution in [1.82, 2.24) is 0 Å². The van der Waals surface area contributed by atoms with Crippen LogP contribution in [0.4, 0.5) is 11.4 Å². The van der Waals surface area contributed by atoms with Gasteiger partial charge in [-0.1, -0.05) is 29.8 Å². The van der Waals surface area contributed by atoms with E-state index in [1.54, 1.807) is 18.2 Å². The number of hydrogen-bond acceptors (Lipinski definition) is 2. The highest BCUT2D eigenvalue weighted by Gasteiger charge is 2.10. The molecule has 0 saturated heterocycles. The van der Waals surface area contributed by atoms with Crippen LogP contribution in [0.3, 0.4) is 0 Å². The molecule has 0 aromatic heterocycles. The molecule has 0 radical (unpaired) electrons. The van der Waals surface area contributed by atoms with Crippen LogP contribution < -0.4 is 11.1 Å². The highest BCUT2D eigenvalue weighted by molar-refractivity contribution is 6.31. The molecule has 0 bridgehead atoms. The minimum Gasteiger partial charge on any atom is -0.399 e. The summed E-state index contributed by atoms with van der Waals surface area (Å²) in [5.41, 5.74) is 9.47. The molecule has 2 aromatic carbocycles. The zero-order valence-electron chi connectivity index (χ0n) is 10.8. The van der Waals surface area contributed by atoms with Crippen molar-refractivity contribution >= 4 is 28.9 Å². The molecule has 0 heterocycles. The van der Waals surface area contributed by atoms with Crippen LogP contribution in [0.2, 0.25) is 5.02 Å². The van der Waals surface area contributed by atoms with Gasteiger partial charge in [-0.2, -0.15) is 0 Å². The summed E-state index contributed by atoms with van der Waals surface area (Å²) in [5, 5.41) is 3.35. The molecule has 0 saturated carbocycles. The lowest BCUT2D eigenvalue weighted by molar-refractivity contribution is 0.102. The second-order valence-electron chi connectivity index (χ2n) is 4.49. The fraction of sp³-hybridized carbons (Fsp3) is 0.133. The van der Waals surface area contributed by atoms with Gasteiger partial charge in [0.1, 0.15) is 0 Å². The van der Waals surface area contributed by atoms with Crippen molar-refractivity contribution in [2.45, 2.75) is 13.8 Å². The fourth-order valence-corrected chi connectivity index (χ4v) is 2.18. The number of rotatable bonds is 2. The van der Waals surface area contributed by atoms with Crippen LogP contribution >= 0.6 is 11.6 Å². The molecule has 4 heteroatoms. The second-order valence-corrected chi connectivity index (χ2v) is 4.93. The summed E-state index contributed by atoms with van der Waals surface area (Å²) in [4.78, 5) is 12.2. The molecule has 19 heavy (non-hydrogen) atoms. The average Bonchev–Trinajstić information content (AvgIpc) is 2.32. The first kappa shape index (κ1) is 13.4. The number of benzene rings is 2. The van der Waals surface area contributed by atoms with E-state index in [9.17, 15) is 4.79 Å². The Kier molecular flexibility index (Phi) is 3.76. The highest BCUT2D eigenvalue weighted by atomic mass is 35.5. The van der Waals surface area contributed by atoms with Crippen LogP contribution in [0.15, 0.2) is 36.4 Å². The van der Waals surface area contributed by atoms with Crippen molar-refractivity contribution in [2.24, 2.45) is 0 Å². The van der Waals surface area contributed by atoms with E-state index in [2.05, 4.69) is 5.32 Å². The SMILES string of the molecule is Cc1cccc(C)c1NC(=O)c1cc(N)cc(Cl)c1. The summed E-state index contributed by atoms with van der Waals surface area (Å²) in [6.07, 6.45) is 0. The molecule has 0 aliphatic rings. The predicted molar refractivity (Wildman–Crippen MR) is 79.7 cm³/mol. The molecule has 0 spiro atoms. The maximum atomic E-state index is 12.2. The number of nitrogens with one attached hydrogen (secondary N) is 1. The summed E-state index contributed by atoms with van der Waals surface area (Å²) >= 11 is 5.90. The van der Waals surface area contributed by atoms with Crippen molar-refractivity contribution < 1.29 is 4.79 Å². The van der Waals surface area contributed by atoms with E-state index in [1.807, 2.05) is 32.0 Å². The van der Waals surface area contributed by atoms with Gasteiger partial charge in [0.2, 0.25) is 0 Å². The number of anilines is 2. The molecular formula is C15H15ClN2O. The Morgan fingerprint density at radius 1 is 1.16 bits per heavy atom. The Hall–Kier alpha value is -2.00. The minimum absolute atomic E-state index is 0.216. The van der Waals surface area contributed by atoms with E-state index < -0.39 is 0 Å². The van der Waals surface area contributed by atoms with Gasteiger partial charge in [-0.15, -0.1) is 0 Å². The third kappa shape index (κ3) is 3.06. The quantitative estimate of drug-likeness (QED) is 0.819. The lowest BCUT2D eigenvalue weighted by atomic mass is 10.1. The molecule has 0 aliphatic carbocycles. The molecule has 0 unspecified atom stereocenters. The highest BCUT2D eigenvalue weighted by Crippen LogP contribution is 2.22. The Balaban J connectivity index is 2.31. The molecule has 2 rings (SSSR count). The van der Waals surface area contributed by atoms with Crippen LogP contribution in [-0.2, 0) is 0 Å². The van der Waals surface area contributed by atoms with Crippen LogP contribution in [0.5, 0.6) is 0 Å². The van der Waals surface area contributed by atoms with E-state index in [1.165, 1.54) is 0 Å². The Morgan fingerprint density at radius 3 is 2.37 bits per heavy atom.